The lowest BCUT2D eigenvalue weighted by Crippen LogP contribution is -2.42. The SMILES string of the molecule is CN(CC1Cc2cc(F)ccc2O1)CC1(O)CCCC1. The summed E-state index contributed by atoms with van der Waals surface area (Å²) in [5.74, 6) is 0.589. The number of benzene rings is 1. The van der Waals surface area contributed by atoms with E-state index in [1.165, 1.54) is 6.07 Å². The highest BCUT2D eigenvalue weighted by atomic mass is 19.1. The number of nitrogens with zero attached hydrogens (tertiary/aromatic N) is 1. The van der Waals surface area contributed by atoms with Crippen molar-refractivity contribution in [2.24, 2.45) is 0 Å². The highest BCUT2D eigenvalue weighted by Crippen LogP contribution is 2.32. The van der Waals surface area contributed by atoms with E-state index in [0.717, 1.165) is 50.0 Å². The van der Waals surface area contributed by atoms with Gasteiger partial charge in [0.15, 0.2) is 0 Å². The first-order chi connectivity index (χ1) is 9.54. The van der Waals surface area contributed by atoms with Gasteiger partial charge >= 0.3 is 0 Å². The summed E-state index contributed by atoms with van der Waals surface area (Å²) in [6.07, 6.45) is 4.84. The van der Waals surface area contributed by atoms with Crippen LogP contribution in [0.1, 0.15) is 31.2 Å². The van der Waals surface area contributed by atoms with Crippen LogP contribution in [0.15, 0.2) is 18.2 Å². The van der Waals surface area contributed by atoms with Gasteiger partial charge in [0.25, 0.3) is 0 Å². The van der Waals surface area contributed by atoms with Gasteiger partial charge < -0.3 is 9.84 Å². The first-order valence-corrected chi connectivity index (χ1v) is 7.40. The van der Waals surface area contributed by atoms with E-state index >= 15 is 0 Å². The third-order valence-electron chi connectivity index (χ3n) is 4.38. The number of rotatable bonds is 4. The third kappa shape index (κ3) is 2.96. The standard InChI is InChI=1S/C16H22FNO2/c1-18(11-16(19)6-2-3-7-16)10-14-9-12-8-13(17)4-5-15(12)20-14/h4-5,8,14,19H,2-3,6-7,9-11H2,1H3. The van der Waals surface area contributed by atoms with Gasteiger partial charge in [-0.15, -0.1) is 0 Å². The molecule has 1 N–H and O–H groups in total. The summed E-state index contributed by atoms with van der Waals surface area (Å²) >= 11 is 0. The molecule has 0 radical (unpaired) electrons. The normalized spacial score (nSPS) is 23.9. The lowest BCUT2D eigenvalue weighted by Gasteiger charge is -2.29. The molecular formula is C16H22FNO2. The van der Waals surface area contributed by atoms with Gasteiger partial charge in [-0.2, -0.15) is 0 Å². The number of halogens is 1. The Morgan fingerprint density at radius 1 is 1.40 bits per heavy atom. The molecule has 1 aromatic carbocycles. The Hall–Kier alpha value is -1.13. The van der Waals surface area contributed by atoms with Crippen LogP contribution in [0.25, 0.3) is 0 Å². The summed E-state index contributed by atoms with van der Waals surface area (Å²) in [6.45, 7) is 1.45. The zero-order valence-electron chi connectivity index (χ0n) is 11.9. The summed E-state index contributed by atoms with van der Waals surface area (Å²) in [6, 6.07) is 4.70. The summed E-state index contributed by atoms with van der Waals surface area (Å²) in [4.78, 5) is 2.14. The largest absolute Gasteiger partial charge is 0.488 e. The van der Waals surface area contributed by atoms with Crippen molar-refractivity contribution in [1.29, 1.82) is 0 Å². The monoisotopic (exact) mass is 279 g/mol. The molecule has 4 heteroatoms. The number of fused-ring (bicyclic) bond motifs is 1. The molecule has 0 saturated heterocycles. The van der Waals surface area contributed by atoms with Gasteiger partial charge in [-0.25, -0.2) is 4.39 Å². The second kappa shape index (κ2) is 5.34. The first kappa shape index (κ1) is 13.8. The molecule has 0 aromatic heterocycles. The van der Waals surface area contributed by atoms with Crippen LogP contribution in [0.3, 0.4) is 0 Å². The van der Waals surface area contributed by atoms with Crippen LogP contribution in [-0.4, -0.2) is 41.8 Å². The van der Waals surface area contributed by atoms with Crippen LogP contribution in [0.2, 0.25) is 0 Å². The van der Waals surface area contributed by atoms with Crippen LogP contribution in [-0.2, 0) is 6.42 Å². The highest BCUT2D eigenvalue weighted by molar-refractivity contribution is 5.37. The van der Waals surface area contributed by atoms with Crippen LogP contribution in [0.5, 0.6) is 5.75 Å². The van der Waals surface area contributed by atoms with Crippen molar-refractivity contribution in [2.75, 3.05) is 20.1 Å². The minimum Gasteiger partial charge on any atom is -0.488 e. The predicted octanol–water partition coefficient (Wildman–Crippen LogP) is 2.37. The lowest BCUT2D eigenvalue weighted by molar-refractivity contribution is 0.00896. The van der Waals surface area contributed by atoms with Crippen molar-refractivity contribution in [3.63, 3.8) is 0 Å². The molecule has 20 heavy (non-hydrogen) atoms. The van der Waals surface area contributed by atoms with E-state index in [4.69, 9.17) is 4.74 Å². The molecular weight excluding hydrogens is 257 g/mol. The van der Waals surface area contributed by atoms with Gasteiger partial charge in [0.05, 0.1) is 5.60 Å². The maximum atomic E-state index is 13.2. The zero-order valence-corrected chi connectivity index (χ0v) is 11.9. The van der Waals surface area contributed by atoms with Gasteiger partial charge in [-0.1, -0.05) is 12.8 Å². The Morgan fingerprint density at radius 3 is 2.90 bits per heavy atom. The van der Waals surface area contributed by atoms with Crippen LogP contribution >= 0.6 is 0 Å². The molecule has 110 valence electrons. The quantitative estimate of drug-likeness (QED) is 0.918. The fourth-order valence-electron chi connectivity index (χ4n) is 3.50. The summed E-state index contributed by atoms with van der Waals surface area (Å²) in [7, 11) is 2.02. The number of hydrogen-bond acceptors (Lipinski definition) is 3. The molecule has 1 aromatic rings. The number of ether oxygens (including phenoxy) is 1. The Labute approximate surface area is 119 Å². The molecule has 3 rings (SSSR count). The molecule has 1 saturated carbocycles. The third-order valence-corrected chi connectivity index (χ3v) is 4.38. The summed E-state index contributed by atoms with van der Waals surface area (Å²) in [5.41, 5.74) is 0.426. The van der Waals surface area contributed by atoms with E-state index in [1.807, 2.05) is 7.05 Å². The van der Waals surface area contributed by atoms with Gasteiger partial charge in [0.1, 0.15) is 17.7 Å². The molecule has 1 unspecified atom stereocenters. The van der Waals surface area contributed by atoms with Crippen molar-refractivity contribution in [2.45, 2.75) is 43.8 Å². The maximum absolute atomic E-state index is 13.2. The fraction of sp³-hybridized carbons (Fsp3) is 0.625. The van der Waals surface area contributed by atoms with E-state index in [9.17, 15) is 9.50 Å². The van der Waals surface area contributed by atoms with E-state index in [-0.39, 0.29) is 11.9 Å². The molecule has 1 fully saturated rings. The molecule has 1 aliphatic heterocycles. The van der Waals surface area contributed by atoms with Crippen molar-refractivity contribution < 1.29 is 14.2 Å². The molecule has 1 aliphatic carbocycles. The van der Waals surface area contributed by atoms with Crippen LogP contribution in [0.4, 0.5) is 4.39 Å². The Balaban J connectivity index is 1.55. The van der Waals surface area contributed by atoms with Gasteiger partial charge in [-0.3, -0.25) is 4.90 Å². The van der Waals surface area contributed by atoms with E-state index in [2.05, 4.69) is 4.90 Å². The van der Waals surface area contributed by atoms with E-state index in [1.54, 1.807) is 12.1 Å². The zero-order chi connectivity index (χ0) is 14.2. The summed E-state index contributed by atoms with van der Waals surface area (Å²) < 4.78 is 19.0. The number of hydrogen-bond donors (Lipinski definition) is 1. The van der Waals surface area contributed by atoms with Gasteiger partial charge in [0.2, 0.25) is 0 Å². The number of likely N-dealkylation sites (N-methyl/N-ethyl adjacent to an activating group) is 1. The second-order valence-electron chi connectivity index (χ2n) is 6.32. The molecule has 0 amide bonds. The van der Waals surface area contributed by atoms with Crippen LogP contribution < -0.4 is 4.74 Å². The maximum Gasteiger partial charge on any atom is 0.123 e. The van der Waals surface area contributed by atoms with Crippen molar-refractivity contribution in [1.82, 2.24) is 4.90 Å². The average Bonchev–Trinajstić information content (AvgIpc) is 2.94. The molecule has 0 bridgehead atoms. The second-order valence-corrected chi connectivity index (χ2v) is 6.32. The van der Waals surface area contributed by atoms with Crippen LogP contribution in [0, 0.1) is 5.82 Å². The number of aliphatic hydroxyl groups is 1. The highest BCUT2D eigenvalue weighted by Gasteiger charge is 2.33. The topological polar surface area (TPSA) is 32.7 Å². The van der Waals surface area contributed by atoms with Gasteiger partial charge in [0, 0.05) is 25.1 Å². The summed E-state index contributed by atoms with van der Waals surface area (Å²) in [5, 5.41) is 10.4. The van der Waals surface area contributed by atoms with Crippen molar-refractivity contribution >= 4 is 0 Å². The minimum atomic E-state index is -0.522. The Kier molecular flexibility index (Phi) is 3.69. The molecule has 2 aliphatic rings. The fourth-order valence-corrected chi connectivity index (χ4v) is 3.50. The Bertz CT molecular complexity index is 485. The van der Waals surface area contributed by atoms with Gasteiger partial charge in [-0.05, 0) is 38.1 Å². The predicted molar refractivity (Wildman–Crippen MR) is 75.4 cm³/mol. The lowest BCUT2D eigenvalue weighted by atomic mass is 10.0. The smallest absolute Gasteiger partial charge is 0.123 e. The van der Waals surface area contributed by atoms with Crippen molar-refractivity contribution in [3.8, 4) is 5.75 Å². The average molecular weight is 279 g/mol. The first-order valence-electron chi connectivity index (χ1n) is 7.40. The molecule has 1 heterocycles. The molecule has 3 nitrogen and oxygen atoms in total. The van der Waals surface area contributed by atoms with Crippen molar-refractivity contribution in [3.05, 3.63) is 29.6 Å². The van der Waals surface area contributed by atoms with E-state index < -0.39 is 5.60 Å². The molecule has 0 spiro atoms. The minimum absolute atomic E-state index is 0.0572. The van der Waals surface area contributed by atoms with E-state index in [0.29, 0.717) is 6.54 Å². The molecule has 1 atom stereocenters. The Morgan fingerprint density at radius 2 is 2.15 bits per heavy atom.